The number of benzene rings is 1. The Morgan fingerprint density at radius 2 is 2.05 bits per heavy atom. The minimum absolute atomic E-state index is 0.305. The molecule has 0 aliphatic rings. The number of methoxy groups -OCH3 is 1. The van der Waals surface area contributed by atoms with Gasteiger partial charge in [0.25, 0.3) is 0 Å². The summed E-state index contributed by atoms with van der Waals surface area (Å²) in [5.41, 5.74) is 1.21. The van der Waals surface area contributed by atoms with Crippen molar-refractivity contribution in [1.29, 1.82) is 0 Å². The maximum Gasteiger partial charge on any atom is 0.122 e. The molecule has 1 unspecified atom stereocenters. The molecule has 0 aliphatic carbocycles. The fourth-order valence-electron chi connectivity index (χ4n) is 2.16. The number of ether oxygens (including phenoxy) is 1. The largest absolute Gasteiger partial charge is 0.496 e. The molecule has 0 radical (unpaired) electrons. The summed E-state index contributed by atoms with van der Waals surface area (Å²) in [4.78, 5) is 1.33. The molecule has 0 amide bonds. The Balaban J connectivity index is 2.26. The lowest BCUT2D eigenvalue weighted by atomic mass is 10.0. The van der Waals surface area contributed by atoms with Gasteiger partial charge in [-0.3, -0.25) is 0 Å². The van der Waals surface area contributed by atoms with Crippen LogP contribution in [-0.2, 0) is 6.42 Å². The third-order valence-electron chi connectivity index (χ3n) is 3.05. The molecule has 0 bridgehead atoms. The van der Waals surface area contributed by atoms with E-state index in [1.807, 2.05) is 12.1 Å². The first-order valence-corrected chi connectivity index (χ1v) is 8.85. The van der Waals surface area contributed by atoms with Gasteiger partial charge in [-0.1, -0.05) is 22.9 Å². The molecule has 1 heterocycles. The van der Waals surface area contributed by atoms with Crippen LogP contribution in [0.15, 0.2) is 38.6 Å². The summed E-state index contributed by atoms with van der Waals surface area (Å²) in [7, 11) is 1.72. The molecule has 1 atom stereocenters. The molecule has 0 aliphatic heterocycles. The Labute approximate surface area is 140 Å². The van der Waals surface area contributed by atoms with E-state index in [1.165, 1.54) is 10.4 Å². The van der Waals surface area contributed by atoms with E-state index in [0.717, 1.165) is 27.0 Å². The van der Waals surface area contributed by atoms with Gasteiger partial charge >= 0.3 is 0 Å². The molecule has 1 aromatic carbocycles. The zero-order valence-electron chi connectivity index (χ0n) is 11.5. The number of likely N-dealkylation sites (N-methyl/N-ethyl adjacent to an activating group) is 1. The van der Waals surface area contributed by atoms with Crippen molar-refractivity contribution in [1.82, 2.24) is 5.32 Å². The average Bonchev–Trinajstić information content (AvgIpc) is 2.85. The van der Waals surface area contributed by atoms with E-state index in [2.05, 4.69) is 62.3 Å². The number of hydrogen-bond acceptors (Lipinski definition) is 3. The number of hydrogen-bond donors (Lipinski definition) is 1. The highest BCUT2D eigenvalue weighted by Gasteiger charge is 2.16. The summed E-state index contributed by atoms with van der Waals surface area (Å²) < 4.78 is 7.71. The first-order valence-electron chi connectivity index (χ1n) is 6.45. The first-order chi connectivity index (χ1) is 9.63. The number of halogens is 2. The SMILES string of the molecule is CCNC(Cc1cc(Br)ccc1OC)c1ccc(Br)s1. The van der Waals surface area contributed by atoms with Crippen molar-refractivity contribution in [2.24, 2.45) is 0 Å². The quantitative estimate of drug-likeness (QED) is 0.698. The summed E-state index contributed by atoms with van der Waals surface area (Å²) in [5, 5.41) is 3.55. The second kappa shape index (κ2) is 7.59. The first kappa shape index (κ1) is 16.0. The molecule has 2 aromatic rings. The number of rotatable bonds is 6. The van der Waals surface area contributed by atoms with Crippen LogP contribution in [-0.4, -0.2) is 13.7 Å². The summed E-state index contributed by atoms with van der Waals surface area (Å²) >= 11 is 8.84. The van der Waals surface area contributed by atoms with Crippen molar-refractivity contribution >= 4 is 43.2 Å². The predicted octanol–water partition coefficient (Wildman–Crippen LogP) is 5.18. The monoisotopic (exact) mass is 417 g/mol. The second-order valence-corrected chi connectivity index (χ2v) is 7.82. The van der Waals surface area contributed by atoms with Crippen molar-refractivity contribution in [3.8, 4) is 5.75 Å². The Bertz CT molecular complexity index is 571. The van der Waals surface area contributed by atoms with E-state index in [1.54, 1.807) is 18.4 Å². The van der Waals surface area contributed by atoms with E-state index >= 15 is 0 Å². The molecule has 0 spiro atoms. The summed E-state index contributed by atoms with van der Waals surface area (Å²) in [6, 6.07) is 10.7. The Morgan fingerprint density at radius 1 is 1.25 bits per heavy atom. The zero-order chi connectivity index (χ0) is 14.5. The molecule has 5 heteroatoms. The predicted molar refractivity (Wildman–Crippen MR) is 92.8 cm³/mol. The number of nitrogens with one attached hydrogen (secondary N) is 1. The van der Waals surface area contributed by atoms with Gasteiger partial charge in [-0.2, -0.15) is 0 Å². The number of thiophene rings is 1. The third kappa shape index (κ3) is 4.07. The lowest BCUT2D eigenvalue weighted by Crippen LogP contribution is -2.22. The fraction of sp³-hybridized carbons (Fsp3) is 0.333. The van der Waals surface area contributed by atoms with Crippen LogP contribution in [0, 0.1) is 0 Å². The average molecular weight is 419 g/mol. The molecule has 2 nitrogen and oxygen atoms in total. The van der Waals surface area contributed by atoms with Crippen LogP contribution in [0.4, 0.5) is 0 Å². The molecule has 1 aromatic heterocycles. The van der Waals surface area contributed by atoms with Crippen LogP contribution in [0.2, 0.25) is 0 Å². The van der Waals surface area contributed by atoms with Gasteiger partial charge in [-0.15, -0.1) is 11.3 Å². The molecule has 1 N–H and O–H groups in total. The van der Waals surface area contributed by atoms with Crippen molar-refractivity contribution in [3.05, 3.63) is 49.0 Å². The van der Waals surface area contributed by atoms with Crippen LogP contribution in [0.1, 0.15) is 23.4 Å². The standard InChI is InChI=1S/C15H17Br2NOS/c1-3-18-12(14-6-7-15(17)20-14)9-10-8-11(16)4-5-13(10)19-2/h4-8,12,18H,3,9H2,1-2H3. The van der Waals surface area contributed by atoms with Gasteiger partial charge in [0, 0.05) is 15.4 Å². The zero-order valence-corrected chi connectivity index (χ0v) is 15.4. The topological polar surface area (TPSA) is 21.3 Å². The van der Waals surface area contributed by atoms with Crippen molar-refractivity contribution in [3.63, 3.8) is 0 Å². The summed E-state index contributed by atoms with van der Waals surface area (Å²) in [6.45, 7) is 3.07. The highest BCUT2D eigenvalue weighted by atomic mass is 79.9. The maximum atomic E-state index is 5.47. The minimum Gasteiger partial charge on any atom is -0.496 e. The van der Waals surface area contributed by atoms with E-state index in [4.69, 9.17) is 4.74 Å². The Morgan fingerprint density at radius 3 is 2.65 bits per heavy atom. The van der Waals surface area contributed by atoms with Crippen LogP contribution < -0.4 is 10.1 Å². The van der Waals surface area contributed by atoms with Gasteiger partial charge in [-0.25, -0.2) is 0 Å². The van der Waals surface area contributed by atoms with Crippen molar-refractivity contribution in [2.45, 2.75) is 19.4 Å². The van der Waals surface area contributed by atoms with Crippen LogP contribution >= 0.6 is 43.2 Å². The van der Waals surface area contributed by atoms with Gasteiger partial charge in [-0.05, 0) is 64.8 Å². The molecule has 0 fully saturated rings. The smallest absolute Gasteiger partial charge is 0.122 e. The van der Waals surface area contributed by atoms with Crippen molar-refractivity contribution < 1.29 is 4.74 Å². The van der Waals surface area contributed by atoms with Gasteiger partial charge in [0.2, 0.25) is 0 Å². The van der Waals surface area contributed by atoms with Gasteiger partial charge < -0.3 is 10.1 Å². The van der Waals surface area contributed by atoms with Gasteiger partial charge in [0.05, 0.1) is 10.9 Å². The highest BCUT2D eigenvalue weighted by molar-refractivity contribution is 9.11. The van der Waals surface area contributed by atoms with Crippen LogP contribution in [0.25, 0.3) is 0 Å². The summed E-state index contributed by atoms with van der Waals surface area (Å²) in [5.74, 6) is 0.937. The molecule has 2 rings (SSSR count). The normalized spacial score (nSPS) is 12.4. The Kier molecular flexibility index (Phi) is 6.08. The van der Waals surface area contributed by atoms with E-state index in [0.29, 0.717) is 6.04 Å². The maximum absolute atomic E-state index is 5.47. The summed E-state index contributed by atoms with van der Waals surface area (Å²) in [6.07, 6.45) is 0.906. The van der Waals surface area contributed by atoms with E-state index in [9.17, 15) is 0 Å². The molecule has 20 heavy (non-hydrogen) atoms. The minimum atomic E-state index is 0.305. The second-order valence-electron chi connectivity index (χ2n) is 4.41. The van der Waals surface area contributed by atoms with Gasteiger partial charge in [0.15, 0.2) is 0 Å². The fourth-order valence-corrected chi connectivity index (χ4v) is 4.07. The van der Waals surface area contributed by atoms with Crippen molar-refractivity contribution in [2.75, 3.05) is 13.7 Å². The van der Waals surface area contributed by atoms with E-state index in [-0.39, 0.29) is 0 Å². The molecular formula is C15H17Br2NOS. The van der Waals surface area contributed by atoms with Gasteiger partial charge in [0.1, 0.15) is 5.75 Å². The molecule has 108 valence electrons. The Hall–Kier alpha value is -0.360. The lowest BCUT2D eigenvalue weighted by Gasteiger charge is -2.18. The molecular weight excluding hydrogens is 402 g/mol. The third-order valence-corrected chi connectivity index (χ3v) is 5.29. The molecule has 0 saturated carbocycles. The van der Waals surface area contributed by atoms with Crippen LogP contribution in [0.3, 0.4) is 0 Å². The molecule has 0 saturated heterocycles. The highest BCUT2D eigenvalue weighted by Crippen LogP contribution is 2.32. The van der Waals surface area contributed by atoms with Crippen LogP contribution in [0.5, 0.6) is 5.75 Å². The lowest BCUT2D eigenvalue weighted by molar-refractivity contribution is 0.406. The van der Waals surface area contributed by atoms with E-state index < -0.39 is 0 Å².